The lowest BCUT2D eigenvalue weighted by Gasteiger charge is -2.43. The zero-order valence-corrected chi connectivity index (χ0v) is 15.8. The second-order valence-electron chi connectivity index (χ2n) is 7.06. The first kappa shape index (κ1) is 18.4. The zero-order chi connectivity index (χ0) is 16.1. The summed E-state index contributed by atoms with van der Waals surface area (Å²) < 4.78 is 6.16. The third kappa shape index (κ3) is 3.96. The molecule has 3 heteroatoms. The molecule has 0 bridgehead atoms. The van der Waals surface area contributed by atoms with Crippen LogP contribution in [0.1, 0.15) is 54.0 Å². The maximum atomic E-state index is 6.18. The predicted octanol–water partition coefficient (Wildman–Crippen LogP) is 5.90. The number of benzene rings is 1. The summed E-state index contributed by atoms with van der Waals surface area (Å²) in [6.45, 7) is 15.4. The van der Waals surface area contributed by atoms with Gasteiger partial charge in [0.1, 0.15) is 5.60 Å². The minimum atomic E-state index is -1.76. The van der Waals surface area contributed by atoms with Crippen LogP contribution in [0.3, 0.4) is 0 Å². The van der Waals surface area contributed by atoms with E-state index in [1.54, 1.807) is 0 Å². The van der Waals surface area contributed by atoms with Crippen molar-refractivity contribution in [3.8, 4) is 0 Å². The molecule has 0 aliphatic heterocycles. The van der Waals surface area contributed by atoms with Crippen molar-refractivity contribution < 1.29 is 9.46 Å². The van der Waals surface area contributed by atoms with Crippen LogP contribution in [-0.4, -0.2) is 8.32 Å². The van der Waals surface area contributed by atoms with Crippen molar-refractivity contribution in [2.75, 3.05) is 0 Å². The first-order valence-corrected chi connectivity index (χ1v) is 10.7. The molecule has 0 radical (unpaired) electrons. The highest BCUT2D eigenvalue weighted by atomic mass is 28.4. The molecule has 0 aliphatic rings. The SMILES string of the molecule is CC[Si](CC)(CC)OOC(C)(c1ccccc1)C(C)(C)C. The summed E-state index contributed by atoms with van der Waals surface area (Å²) in [5.74, 6) is 0. The van der Waals surface area contributed by atoms with Gasteiger partial charge in [-0.05, 0) is 36.0 Å². The minimum Gasteiger partial charge on any atom is -0.285 e. The summed E-state index contributed by atoms with van der Waals surface area (Å²) >= 11 is 0. The van der Waals surface area contributed by atoms with Crippen LogP contribution < -0.4 is 0 Å². The lowest BCUT2D eigenvalue weighted by Crippen LogP contribution is -2.45. The van der Waals surface area contributed by atoms with Gasteiger partial charge in [-0.15, -0.1) is 0 Å². The molecule has 0 spiro atoms. The molecule has 0 heterocycles. The van der Waals surface area contributed by atoms with Gasteiger partial charge in [0.2, 0.25) is 8.32 Å². The lowest BCUT2D eigenvalue weighted by atomic mass is 9.73. The van der Waals surface area contributed by atoms with E-state index in [9.17, 15) is 0 Å². The van der Waals surface area contributed by atoms with Gasteiger partial charge in [-0.2, -0.15) is 0 Å². The summed E-state index contributed by atoms with van der Waals surface area (Å²) in [6, 6.07) is 13.7. The molecule has 0 fully saturated rings. The highest BCUT2D eigenvalue weighted by Gasteiger charge is 2.44. The Kier molecular flexibility index (Phi) is 6.20. The highest BCUT2D eigenvalue weighted by Crippen LogP contribution is 2.43. The van der Waals surface area contributed by atoms with E-state index in [0.717, 1.165) is 18.1 Å². The predicted molar refractivity (Wildman–Crippen MR) is 92.6 cm³/mol. The average molecular weight is 309 g/mol. The van der Waals surface area contributed by atoms with Crippen LogP contribution in [0.4, 0.5) is 0 Å². The third-order valence-electron chi connectivity index (χ3n) is 5.07. The van der Waals surface area contributed by atoms with Crippen molar-refractivity contribution >= 4 is 8.32 Å². The van der Waals surface area contributed by atoms with Gasteiger partial charge in [0.05, 0.1) is 0 Å². The van der Waals surface area contributed by atoms with Crippen molar-refractivity contribution in [2.24, 2.45) is 5.41 Å². The molecular formula is C18H32O2Si. The molecule has 0 amide bonds. The second-order valence-corrected chi connectivity index (χ2v) is 11.7. The summed E-state index contributed by atoms with van der Waals surface area (Å²) in [5, 5.41) is 0. The molecule has 120 valence electrons. The van der Waals surface area contributed by atoms with Gasteiger partial charge in [-0.3, -0.25) is 4.58 Å². The van der Waals surface area contributed by atoms with Crippen molar-refractivity contribution in [1.29, 1.82) is 0 Å². The Labute approximate surface area is 131 Å². The molecule has 21 heavy (non-hydrogen) atoms. The topological polar surface area (TPSA) is 18.5 Å². The Morgan fingerprint density at radius 2 is 1.33 bits per heavy atom. The molecule has 1 aromatic rings. The standard InChI is InChI=1S/C18H32O2Si/c1-8-21(9-2,10-3)20-19-18(7,17(4,5)6)16-14-12-11-13-15-16/h11-15H,8-10H2,1-7H3. The smallest absolute Gasteiger partial charge is 0.238 e. The maximum Gasteiger partial charge on any atom is 0.238 e. The second kappa shape index (κ2) is 7.08. The van der Waals surface area contributed by atoms with E-state index in [1.165, 1.54) is 5.56 Å². The van der Waals surface area contributed by atoms with Crippen LogP contribution >= 0.6 is 0 Å². The van der Waals surface area contributed by atoms with Crippen molar-refractivity contribution in [1.82, 2.24) is 0 Å². The lowest BCUT2D eigenvalue weighted by molar-refractivity contribution is -0.331. The van der Waals surface area contributed by atoms with E-state index in [2.05, 4.69) is 72.7 Å². The normalized spacial score (nSPS) is 15.8. The molecule has 1 unspecified atom stereocenters. The fourth-order valence-corrected chi connectivity index (χ4v) is 4.66. The van der Waals surface area contributed by atoms with Gasteiger partial charge in [-0.1, -0.05) is 71.9 Å². The van der Waals surface area contributed by atoms with E-state index >= 15 is 0 Å². The molecule has 0 aromatic heterocycles. The van der Waals surface area contributed by atoms with Gasteiger partial charge < -0.3 is 0 Å². The van der Waals surface area contributed by atoms with E-state index in [1.807, 2.05) is 6.07 Å². The van der Waals surface area contributed by atoms with E-state index in [4.69, 9.17) is 9.46 Å². The van der Waals surface area contributed by atoms with Gasteiger partial charge in [0, 0.05) is 0 Å². The third-order valence-corrected chi connectivity index (χ3v) is 9.38. The maximum absolute atomic E-state index is 6.18. The summed E-state index contributed by atoms with van der Waals surface area (Å²) in [6.07, 6.45) is 0. The minimum absolute atomic E-state index is 0.0519. The molecule has 0 N–H and O–H groups in total. The Hall–Kier alpha value is -0.643. The number of hydrogen-bond acceptors (Lipinski definition) is 2. The average Bonchev–Trinajstić information content (AvgIpc) is 2.48. The van der Waals surface area contributed by atoms with Crippen LogP contribution in [0.15, 0.2) is 30.3 Å². The summed E-state index contributed by atoms with van der Waals surface area (Å²) in [7, 11) is -1.76. The molecule has 0 saturated carbocycles. The van der Waals surface area contributed by atoms with Crippen LogP contribution in [0.5, 0.6) is 0 Å². The summed E-state index contributed by atoms with van der Waals surface area (Å²) in [4.78, 5) is 6.18. The van der Waals surface area contributed by atoms with E-state index in [0.29, 0.717) is 0 Å². The van der Waals surface area contributed by atoms with Gasteiger partial charge >= 0.3 is 0 Å². The highest BCUT2D eigenvalue weighted by molar-refractivity contribution is 6.73. The Balaban J connectivity index is 3.07. The molecule has 0 aliphatic carbocycles. The largest absolute Gasteiger partial charge is 0.285 e. The van der Waals surface area contributed by atoms with Gasteiger partial charge in [0.15, 0.2) is 0 Å². The zero-order valence-electron chi connectivity index (χ0n) is 14.8. The molecule has 0 saturated heterocycles. The monoisotopic (exact) mass is 308 g/mol. The fraction of sp³-hybridized carbons (Fsp3) is 0.667. The van der Waals surface area contributed by atoms with Crippen molar-refractivity contribution in [3.05, 3.63) is 35.9 Å². The molecule has 1 rings (SSSR count). The Morgan fingerprint density at radius 1 is 0.857 bits per heavy atom. The molecular weight excluding hydrogens is 276 g/mol. The van der Waals surface area contributed by atoms with Gasteiger partial charge in [-0.25, -0.2) is 4.89 Å². The van der Waals surface area contributed by atoms with Crippen molar-refractivity contribution in [3.63, 3.8) is 0 Å². The van der Waals surface area contributed by atoms with Gasteiger partial charge in [0.25, 0.3) is 0 Å². The fourth-order valence-electron chi connectivity index (χ4n) is 2.46. The Bertz CT molecular complexity index is 412. The molecule has 1 aromatic carbocycles. The van der Waals surface area contributed by atoms with E-state index in [-0.39, 0.29) is 5.41 Å². The van der Waals surface area contributed by atoms with Crippen LogP contribution in [0.2, 0.25) is 18.1 Å². The molecule has 1 atom stereocenters. The number of rotatable bonds is 7. The van der Waals surface area contributed by atoms with Crippen LogP contribution in [0, 0.1) is 5.41 Å². The number of hydrogen-bond donors (Lipinski definition) is 0. The quantitative estimate of drug-likeness (QED) is 0.354. The summed E-state index contributed by atoms with van der Waals surface area (Å²) in [5.41, 5.74) is 0.666. The van der Waals surface area contributed by atoms with E-state index < -0.39 is 13.9 Å². The van der Waals surface area contributed by atoms with Crippen LogP contribution in [-0.2, 0) is 15.1 Å². The first-order valence-electron chi connectivity index (χ1n) is 8.17. The van der Waals surface area contributed by atoms with Crippen LogP contribution in [0.25, 0.3) is 0 Å². The van der Waals surface area contributed by atoms with Crippen molar-refractivity contribution in [2.45, 2.75) is 72.2 Å². The molecule has 2 nitrogen and oxygen atoms in total. The first-order chi connectivity index (χ1) is 9.74. The Morgan fingerprint density at radius 3 is 1.71 bits per heavy atom.